The van der Waals surface area contributed by atoms with E-state index >= 15 is 0 Å². The van der Waals surface area contributed by atoms with Crippen LogP contribution in [0.5, 0.6) is 0 Å². The highest BCUT2D eigenvalue weighted by Gasteiger charge is 2.29. The molecule has 0 saturated carbocycles. The fraction of sp³-hybridized carbons (Fsp3) is 0.316. The number of carbonyl (C=O) groups excluding carboxylic acids is 1. The van der Waals surface area contributed by atoms with E-state index in [1.54, 1.807) is 47.2 Å². The maximum absolute atomic E-state index is 13.6. The maximum Gasteiger partial charge on any atom is 0.292 e. The molecule has 8 heteroatoms. The summed E-state index contributed by atoms with van der Waals surface area (Å²) in [5.74, 6) is -0.506. The Morgan fingerprint density at radius 3 is 2.85 bits per heavy atom. The number of nitro groups is 1. The number of halogens is 1. The lowest BCUT2D eigenvalue weighted by Crippen LogP contribution is -2.51. The number of hydrogen-bond donors (Lipinski definition) is 1. The summed E-state index contributed by atoms with van der Waals surface area (Å²) in [4.78, 5) is 27.0. The van der Waals surface area contributed by atoms with Gasteiger partial charge >= 0.3 is 0 Å². The molecule has 0 radical (unpaired) electrons. The van der Waals surface area contributed by atoms with Crippen LogP contribution in [0, 0.1) is 15.9 Å². The van der Waals surface area contributed by atoms with E-state index in [0.717, 1.165) is 5.56 Å². The molecule has 0 aliphatic carbocycles. The third-order valence-electron chi connectivity index (χ3n) is 4.66. The van der Waals surface area contributed by atoms with Gasteiger partial charge in [-0.1, -0.05) is 24.3 Å². The number of para-hydroxylation sites is 2. The van der Waals surface area contributed by atoms with Crippen LogP contribution in [-0.2, 0) is 4.79 Å². The number of piperazine rings is 1. The molecule has 2 aromatic carbocycles. The molecule has 3 rings (SSSR count). The Balaban J connectivity index is 1.78. The Morgan fingerprint density at radius 2 is 2.11 bits per heavy atom. The molecule has 142 valence electrons. The second-order valence-corrected chi connectivity index (χ2v) is 6.46. The summed E-state index contributed by atoms with van der Waals surface area (Å²) in [5, 5.41) is 14.4. The molecule has 1 aliphatic heterocycles. The smallest absolute Gasteiger partial charge is 0.292 e. The number of nitro benzene ring substituents is 1. The van der Waals surface area contributed by atoms with Crippen molar-refractivity contribution in [2.45, 2.75) is 6.04 Å². The van der Waals surface area contributed by atoms with E-state index in [0.29, 0.717) is 25.3 Å². The molecule has 1 atom stereocenters. The van der Waals surface area contributed by atoms with Gasteiger partial charge in [-0.05, 0) is 23.8 Å². The second kappa shape index (κ2) is 8.13. The molecule has 1 N–H and O–H groups in total. The third-order valence-corrected chi connectivity index (χ3v) is 4.66. The van der Waals surface area contributed by atoms with Crippen molar-refractivity contribution in [3.8, 4) is 0 Å². The monoisotopic (exact) mass is 372 g/mol. The van der Waals surface area contributed by atoms with Crippen molar-refractivity contribution in [3.63, 3.8) is 0 Å². The van der Waals surface area contributed by atoms with E-state index in [1.165, 1.54) is 18.2 Å². The van der Waals surface area contributed by atoms with Gasteiger partial charge in [0.2, 0.25) is 5.91 Å². The van der Waals surface area contributed by atoms with Gasteiger partial charge in [0, 0.05) is 32.7 Å². The molecule has 0 aromatic heterocycles. The van der Waals surface area contributed by atoms with Gasteiger partial charge in [0.05, 0.1) is 17.5 Å². The molecule has 1 fully saturated rings. The fourth-order valence-electron chi connectivity index (χ4n) is 3.33. The van der Waals surface area contributed by atoms with Gasteiger partial charge in [-0.2, -0.15) is 0 Å². The zero-order valence-corrected chi connectivity index (χ0v) is 15.0. The first-order valence-electron chi connectivity index (χ1n) is 8.67. The first-order valence-corrected chi connectivity index (χ1v) is 8.67. The zero-order chi connectivity index (χ0) is 19.4. The van der Waals surface area contributed by atoms with Crippen LogP contribution in [0.4, 0.5) is 15.8 Å². The highest BCUT2D eigenvalue weighted by molar-refractivity contribution is 5.83. The molecule has 2 aromatic rings. The van der Waals surface area contributed by atoms with Crippen LogP contribution in [0.1, 0.15) is 11.6 Å². The number of amides is 1. The van der Waals surface area contributed by atoms with Gasteiger partial charge in [0.25, 0.3) is 5.69 Å². The summed E-state index contributed by atoms with van der Waals surface area (Å²) in [6, 6.07) is 12.3. The van der Waals surface area contributed by atoms with Crippen LogP contribution in [0.3, 0.4) is 0 Å². The molecule has 0 bridgehead atoms. The van der Waals surface area contributed by atoms with Gasteiger partial charge in [-0.15, -0.1) is 0 Å². The topological polar surface area (TPSA) is 78.7 Å². The summed E-state index contributed by atoms with van der Waals surface area (Å²) in [6.45, 7) is 1.67. The van der Waals surface area contributed by atoms with Crippen molar-refractivity contribution in [3.05, 3.63) is 70.0 Å². The van der Waals surface area contributed by atoms with Crippen LogP contribution in [0.25, 0.3) is 0 Å². The standard InChI is InChI=1S/C19H21FN4O3/c1-22(16-7-2-3-8-17(16)24(26)27)13-19(25)23-10-9-21-12-18(23)14-5-4-6-15(20)11-14/h2-8,11,18,21H,9-10,12-13H2,1H3. The first-order chi connectivity index (χ1) is 13.0. The molecule has 1 saturated heterocycles. The van der Waals surface area contributed by atoms with E-state index in [-0.39, 0.29) is 30.0 Å². The van der Waals surface area contributed by atoms with Crippen molar-refractivity contribution in [1.29, 1.82) is 0 Å². The number of carbonyl (C=O) groups is 1. The lowest BCUT2D eigenvalue weighted by molar-refractivity contribution is -0.384. The number of anilines is 1. The summed E-state index contributed by atoms with van der Waals surface area (Å²) >= 11 is 0. The Morgan fingerprint density at radius 1 is 1.33 bits per heavy atom. The average Bonchev–Trinajstić information content (AvgIpc) is 2.67. The third kappa shape index (κ3) is 4.22. The van der Waals surface area contributed by atoms with Gasteiger partial charge < -0.3 is 15.1 Å². The fourth-order valence-corrected chi connectivity index (χ4v) is 3.33. The van der Waals surface area contributed by atoms with Crippen LogP contribution >= 0.6 is 0 Å². The van der Waals surface area contributed by atoms with Crippen molar-refractivity contribution < 1.29 is 14.1 Å². The minimum absolute atomic E-state index is 0.00330. The molecule has 1 heterocycles. The number of benzene rings is 2. The summed E-state index contributed by atoms with van der Waals surface area (Å²) in [6.07, 6.45) is 0. The number of hydrogen-bond acceptors (Lipinski definition) is 5. The number of rotatable bonds is 5. The largest absolute Gasteiger partial charge is 0.360 e. The minimum atomic E-state index is -0.462. The molecule has 1 amide bonds. The predicted octanol–water partition coefficient (Wildman–Crippen LogP) is 2.34. The van der Waals surface area contributed by atoms with Gasteiger partial charge in [-0.25, -0.2) is 4.39 Å². The van der Waals surface area contributed by atoms with Gasteiger partial charge in [0.1, 0.15) is 11.5 Å². The predicted molar refractivity (Wildman–Crippen MR) is 100 cm³/mol. The molecule has 27 heavy (non-hydrogen) atoms. The number of likely N-dealkylation sites (N-methyl/N-ethyl adjacent to an activating group) is 1. The Hall–Kier alpha value is -3.00. The highest BCUT2D eigenvalue weighted by atomic mass is 19.1. The Kier molecular flexibility index (Phi) is 5.66. The van der Waals surface area contributed by atoms with Crippen LogP contribution in [0.15, 0.2) is 48.5 Å². The molecule has 1 aliphatic rings. The average molecular weight is 372 g/mol. The second-order valence-electron chi connectivity index (χ2n) is 6.46. The van der Waals surface area contributed by atoms with Crippen molar-refractivity contribution >= 4 is 17.3 Å². The van der Waals surface area contributed by atoms with E-state index < -0.39 is 4.92 Å². The number of nitrogens with zero attached hydrogens (tertiary/aromatic N) is 3. The Bertz CT molecular complexity index is 845. The molecular formula is C19H21FN4O3. The van der Waals surface area contributed by atoms with E-state index in [9.17, 15) is 19.3 Å². The van der Waals surface area contributed by atoms with Crippen molar-refractivity contribution in [2.24, 2.45) is 0 Å². The Labute approximate surface area is 156 Å². The van der Waals surface area contributed by atoms with Gasteiger partial charge in [-0.3, -0.25) is 14.9 Å². The van der Waals surface area contributed by atoms with Gasteiger partial charge in [0.15, 0.2) is 0 Å². The molecule has 0 spiro atoms. The quantitative estimate of drug-likeness (QED) is 0.644. The van der Waals surface area contributed by atoms with E-state index in [4.69, 9.17) is 0 Å². The summed E-state index contributed by atoms with van der Waals surface area (Å²) < 4.78 is 13.6. The SMILES string of the molecule is CN(CC(=O)N1CCNCC1c1cccc(F)c1)c1ccccc1[N+](=O)[O-]. The highest BCUT2D eigenvalue weighted by Crippen LogP contribution is 2.28. The van der Waals surface area contributed by atoms with Crippen LogP contribution in [-0.4, -0.2) is 49.0 Å². The van der Waals surface area contributed by atoms with Crippen molar-refractivity contribution in [1.82, 2.24) is 10.2 Å². The van der Waals surface area contributed by atoms with E-state index in [2.05, 4.69) is 5.32 Å². The minimum Gasteiger partial charge on any atom is -0.360 e. The lowest BCUT2D eigenvalue weighted by atomic mass is 10.0. The first kappa shape index (κ1) is 18.8. The summed E-state index contributed by atoms with van der Waals surface area (Å²) in [7, 11) is 1.65. The van der Waals surface area contributed by atoms with E-state index in [1.807, 2.05) is 0 Å². The maximum atomic E-state index is 13.6. The lowest BCUT2D eigenvalue weighted by Gasteiger charge is -2.37. The van der Waals surface area contributed by atoms with Crippen molar-refractivity contribution in [2.75, 3.05) is 38.1 Å². The molecular weight excluding hydrogens is 351 g/mol. The normalized spacial score (nSPS) is 16.8. The molecule has 7 nitrogen and oxygen atoms in total. The number of nitrogens with one attached hydrogen (secondary N) is 1. The summed E-state index contributed by atoms with van der Waals surface area (Å²) in [5.41, 5.74) is 1.06. The zero-order valence-electron chi connectivity index (χ0n) is 15.0. The van der Waals surface area contributed by atoms with Crippen LogP contribution < -0.4 is 10.2 Å². The van der Waals surface area contributed by atoms with Crippen LogP contribution in [0.2, 0.25) is 0 Å². The molecule has 1 unspecified atom stereocenters.